The highest BCUT2D eigenvalue weighted by Gasteiger charge is 2.08. The molecule has 0 fully saturated rings. The van der Waals surface area contributed by atoms with Crippen molar-refractivity contribution in [2.24, 2.45) is 5.10 Å². The molecule has 0 bridgehead atoms. The zero-order chi connectivity index (χ0) is 19.4. The van der Waals surface area contributed by atoms with Crippen molar-refractivity contribution >= 4 is 45.6 Å². The van der Waals surface area contributed by atoms with Crippen LogP contribution < -0.4 is 10.5 Å². The largest absolute Gasteiger partial charge is 0.545 e. The minimum absolute atomic E-state index is 0.0559. The lowest BCUT2D eigenvalue weighted by atomic mass is 10.1. The molecule has 3 aromatic rings. The van der Waals surface area contributed by atoms with Gasteiger partial charge in [-0.3, -0.25) is 4.79 Å². The molecule has 1 heterocycles. The Bertz CT molecular complexity index is 1050. The molecular weight excluding hydrogens is 436 g/mol. The molecule has 6 nitrogen and oxygen atoms in total. The highest BCUT2D eigenvalue weighted by molar-refractivity contribution is 9.10. The van der Waals surface area contributed by atoms with Crippen molar-refractivity contribution in [2.45, 2.75) is 0 Å². The first kappa shape index (κ1) is 18.9. The number of nitrogens with one attached hydrogen (secondary N) is 1. The van der Waals surface area contributed by atoms with Gasteiger partial charge in [-0.15, -0.1) is 0 Å². The van der Waals surface area contributed by atoms with Crippen LogP contribution in [0.3, 0.4) is 0 Å². The topological polar surface area (TPSA) is 94.7 Å². The molecule has 0 unspecified atom stereocenters. The van der Waals surface area contributed by atoms with Gasteiger partial charge in [0.05, 0.1) is 17.2 Å². The van der Waals surface area contributed by atoms with Crippen LogP contribution in [0.5, 0.6) is 0 Å². The summed E-state index contributed by atoms with van der Waals surface area (Å²) in [6, 6.07) is 14.6. The Labute approximate surface area is 167 Å². The third-order valence-corrected chi connectivity index (χ3v) is 4.35. The van der Waals surface area contributed by atoms with Crippen LogP contribution >= 0.6 is 27.5 Å². The summed E-state index contributed by atoms with van der Waals surface area (Å²) in [5, 5.41) is 14.8. The molecule has 2 aromatic carbocycles. The number of benzene rings is 2. The van der Waals surface area contributed by atoms with Crippen LogP contribution in [0.15, 0.2) is 68.6 Å². The lowest BCUT2D eigenvalue weighted by Gasteiger charge is -2.06. The Hall–Kier alpha value is -2.90. The maximum atomic E-state index is 12.0. The number of halogens is 2. The monoisotopic (exact) mass is 445 g/mol. The zero-order valence-electron chi connectivity index (χ0n) is 13.6. The molecule has 0 atom stereocenters. The van der Waals surface area contributed by atoms with Crippen molar-refractivity contribution in [1.82, 2.24) is 5.43 Å². The number of carbonyl (C=O) groups is 2. The standard InChI is InChI=1S/C19H12BrClN2O4/c20-13-3-1-2-12(8-13)18(24)23-22-10-14-5-7-17(27-14)11-4-6-15(19(25)26)16(21)9-11/h1-10H,(H,23,24)(H,25,26)/p-1/b22-10-. The fraction of sp³-hybridized carbons (Fsp3) is 0. The number of furan rings is 1. The van der Waals surface area contributed by atoms with Crippen molar-refractivity contribution in [3.05, 3.63) is 81.0 Å². The average Bonchev–Trinajstić information content (AvgIpc) is 3.10. The van der Waals surface area contributed by atoms with Gasteiger partial charge in [-0.2, -0.15) is 5.10 Å². The number of carbonyl (C=O) groups excluding carboxylic acids is 2. The first-order chi connectivity index (χ1) is 12.9. The summed E-state index contributed by atoms with van der Waals surface area (Å²) in [5.41, 5.74) is 3.38. The molecule has 0 saturated heterocycles. The fourth-order valence-electron chi connectivity index (χ4n) is 2.26. The quantitative estimate of drug-likeness (QED) is 0.479. The van der Waals surface area contributed by atoms with E-state index in [2.05, 4.69) is 26.5 Å². The number of hydrazone groups is 1. The van der Waals surface area contributed by atoms with Crippen molar-refractivity contribution in [3.63, 3.8) is 0 Å². The predicted octanol–water partition coefficient (Wildman–Crippen LogP) is 3.49. The van der Waals surface area contributed by atoms with Gasteiger partial charge in [0, 0.05) is 21.2 Å². The summed E-state index contributed by atoms with van der Waals surface area (Å²) in [4.78, 5) is 22.9. The summed E-state index contributed by atoms with van der Waals surface area (Å²) in [6.07, 6.45) is 1.36. The third-order valence-electron chi connectivity index (χ3n) is 3.54. The number of hydrogen-bond donors (Lipinski definition) is 1. The lowest BCUT2D eigenvalue weighted by molar-refractivity contribution is -0.255. The third kappa shape index (κ3) is 4.64. The first-order valence-electron chi connectivity index (χ1n) is 7.64. The number of rotatable bonds is 5. The van der Waals surface area contributed by atoms with E-state index < -0.39 is 5.97 Å². The minimum atomic E-state index is -1.35. The van der Waals surface area contributed by atoms with Crippen LogP contribution in [0.25, 0.3) is 11.3 Å². The molecule has 0 aliphatic rings. The van der Waals surface area contributed by atoms with E-state index in [1.54, 1.807) is 36.4 Å². The predicted molar refractivity (Wildman–Crippen MR) is 103 cm³/mol. The van der Waals surface area contributed by atoms with Gasteiger partial charge in [0.1, 0.15) is 11.5 Å². The number of amides is 1. The van der Waals surface area contributed by atoms with Crippen molar-refractivity contribution in [1.29, 1.82) is 0 Å². The lowest BCUT2D eigenvalue weighted by Crippen LogP contribution is -2.22. The van der Waals surface area contributed by atoms with Crippen molar-refractivity contribution < 1.29 is 19.1 Å². The highest BCUT2D eigenvalue weighted by Crippen LogP contribution is 2.26. The minimum Gasteiger partial charge on any atom is -0.545 e. The smallest absolute Gasteiger partial charge is 0.271 e. The van der Waals surface area contributed by atoms with E-state index in [0.29, 0.717) is 22.6 Å². The van der Waals surface area contributed by atoms with Crippen LogP contribution in [0.1, 0.15) is 26.5 Å². The second-order valence-corrected chi connectivity index (χ2v) is 6.72. The summed E-state index contributed by atoms with van der Waals surface area (Å²) in [6.45, 7) is 0. The molecule has 0 aliphatic heterocycles. The van der Waals surface area contributed by atoms with Crippen LogP contribution in [0, 0.1) is 0 Å². The van der Waals surface area contributed by atoms with E-state index in [4.69, 9.17) is 16.0 Å². The molecule has 0 radical (unpaired) electrons. The average molecular weight is 447 g/mol. The number of nitrogens with zero attached hydrogens (tertiary/aromatic N) is 1. The summed E-state index contributed by atoms with van der Waals surface area (Å²) >= 11 is 9.23. The van der Waals surface area contributed by atoms with Crippen LogP contribution in [-0.4, -0.2) is 18.1 Å². The second kappa shape index (κ2) is 8.20. The Morgan fingerprint density at radius 1 is 1.15 bits per heavy atom. The Morgan fingerprint density at radius 2 is 1.96 bits per heavy atom. The van der Waals surface area contributed by atoms with E-state index in [9.17, 15) is 14.7 Å². The van der Waals surface area contributed by atoms with Gasteiger partial charge in [0.2, 0.25) is 0 Å². The maximum absolute atomic E-state index is 12.0. The van der Waals surface area contributed by atoms with Gasteiger partial charge in [-0.1, -0.05) is 45.7 Å². The normalized spacial score (nSPS) is 10.9. The molecular formula is C19H11BrClN2O4-. The Morgan fingerprint density at radius 3 is 2.67 bits per heavy atom. The van der Waals surface area contributed by atoms with E-state index in [1.165, 1.54) is 18.3 Å². The number of carboxylic acid groups (broad SMARTS) is 1. The molecule has 136 valence electrons. The van der Waals surface area contributed by atoms with Gasteiger partial charge in [-0.05, 0) is 36.4 Å². The van der Waals surface area contributed by atoms with E-state index in [0.717, 1.165) is 4.47 Å². The van der Waals surface area contributed by atoms with Crippen molar-refractivity contribution in [3.8, 4) is 11.3 Å². The molecule has 3 rings (SSSR count). The summed E-state index contributed by atoms with van der Waals surface area (Å²) in [5.74, 6) is -0.829. The molecule has 1 amide bonds. The fourth-order valence-corrected chi connectivity index (χ4v) is 2.92. The molecule has 1 N–H and O–H groups in total. The maximum Gasteiger partial charge on any atom is 0.271 e. The molecule has 0 spiro atoms. The van der Waals surface area contributed by atoms with Crippen LogP contribution in [0.2, 0.25) is 5.02 Å². The number of carboxylic acids is 1. The SMILES string of the molecule is O=C(N/N=C\c1ccc(-c2ccc(C(=O)[O-])c(Cl)c2)o1)c1cccc(Br)c1. The van der Waals surface area contributed by atoms with Gasteiger partial charge in [0.15, 0.2) is 0 Å². The van der Waals surface area contributed by atoms with E-state index in [1.807, 2.05) is 6.07 Å². The van der Waals surface area contributed by atoms with Gasteiger partial charge in [-0.25, -0.2) is 5.43 Å². The second-order valence-electron chi connectivity index (χ2n) is 5.39. The summed E-state index contributed by atoms with van der Waals surface area (Å²) in [7, 11) is 0. The number of hydrogen-bond acceptors (Lipinski definition) is 5. The van der Waals surface area contributed by atoms with E-state index >= 15 is 0 Å². The van der Waals surface area contributed by atoms with E-state index in [-0.39, 0.29) is 16.5 Å². The molecule has 1 aromatic heterocycles. The Balaban J connectivity index is 1.69. The number of aromatic carboxylic acids is 1. The molecule has 8 heteroatoms. The van der Waals surface area contributed by atoms with Gasteiger partial charge < -0.3 is 14.3 Å². The molecule has 27 heavy (non-hydrogen) atoms. The first-order valence-corrected chi connectivity index (χ1v) is 8.81. The molecule has 0 aliphatic carbocycles. The van der Waals surface area contributed by atoms with Crippen molar-refractivity contribution in [2.75, 3.05) is 0 Å². The van der Waals surface area contributed by atoms with Gasteiger partial charge in [0.25, 0.3) is 5.91 Å². The highest BCUT2D eigenvalue weighted by atomic mass is 79.9. The zero-order valence-corrected chi connectivity index (χ0v) is 16.0. The Kier molecular flexibility index (Phi) is 5.73. The van der Waals surface area contributed by atoms with Crippen LogP contribution in [-0.2, 0) is 0 Å². The summed E-state index contributed by atoms with van der Waals surface area (Å²) < 4.78 is 6.39. The molecule has 0 saturated carbocycles. The van der Waals surface area contributed by atoms with Crippen LogP contribution in [0.4, 0.5) is 0 Å². The van der Waals surface area contributed by atoms with Gasteiger partial charge >= 0.3 is 0 Å².